The molecular weight excluding hydrogens is 361 g/mol. The minimum atomic E-state index is -0.789. The zero-order valence-electron chi connectivity index (χ0n) is 15.4. The van der Waals surface area contributed by atoms with E-state index in [1.165, 1.54) is 37.5 Å². The van der Waals surface area contributed by atoms with E-state index in [-0.39, 0.29) is 17.0 Å². The number of carbonyl (C=O) groups is 2. The highest BCUT2D eigenvalue weighted by Gasteiger charge is 2.28. The molecule has 2 aromatic rings. The van der Waals surface area contributed by atoms with Crippen LogP contribution in [0.5, 0.6) is 0 Å². The lowest BCUT2D eigenvalue weighted by atomic mass is 10.0. The van der Waals surface area contributed by atoms with Crippen molar-refractivity contribution in [2.45, 2.75) is 0 Å². The average molecular weight is 379 g/mol. The summed E-state index contributed by atoms with van der Waals surface area (Å²) in [6, 6.07) is 14.0. The minimum absolute atomic E-state index is 0.0362. The lowest BCUT2D eigenvalue weighted by molar-refractivity contribution is -0.139. The molecular formula is C22H18FNO4. The van der Waals surface area contributed by atoms with Crippen molar-refractivity contribution in [3.63, 3.8) is 0 Å². The SMILES string of the molecule is COC(=O)C1=C(C(=O)OC)N(c2ccc(-c3ccccc3)cc2F)C=CC=C1. The van der Waals surface area contributed by atoms with Gasteiger partial charge >= 0.3 is 11.9 Å². The quantitative estimate of drug-likeness (QED) is 0.752. The molecule has 2 aromatic carbocycles. The van der Waals surface area contributed by atoms with Gasteiger partial charge in [-0.25, -0.2) is 14.0 Å². The summed E-state index contributed by atoms with van der Waals surface area (Å²) in [5, 5.41) is 0. The van der Waals surface area contributed by atoms with Crippen molar-refractivity contribution in [3.05, 3.63) is 90.0 Å². The average Bonchev–Trinajstić information content (AvgIpc) is 2.96. The molecule has 0 aliphatic carbocycles. The fourth-order valence-corrected chi connectivity index (χ4v) is 2.86. The van der Waals surface area contributed by atoms with E-state index in [4.69, 9.17) is 9.47 Å². The first-order chi connectivity index (χ1) is 13.6. The highest BCUT2D eigenvalue weighted by molar-refractivity contribution is 6.05. The van der Waals surface area contributed by atoms with Gasteiger partial charge in [-0.1, -0.05) is 42.5 Å². The van der Waals surface area contributed by atoms with Crippen LogP contribution in [0, 0.1) is 5.82 Å². The van der Waals surface area contributed by atoms with Crippen LogP contribution in [0.1, 0.15) is 0 Å². The molecule has 0 fully saturated rings. The zero-order chi connectivity index (χ0) is 20.1. The van der Waals surface area contributed by atoms with Gasteiger partial charge in [-0.05, 0) is 35.4 Å². The van der Waals surface area contributed by atoms with E-state index < -0.39 is 17.8 Å². The highest BCUT2D eigenvalue weighted by Crippen LogP contribution is 2.31. The Labute approximate surface area is 162 Å². The smallest absolute Gasteiger partial charge is 0.355 e. The van der Waals surface area contributed by atoms with Crippen molar-refractivity contribution in [2.24, 2.45) is 0 Å². The van der Waals surface area contributed by atoms with Gasteiger partial charge in [0.1, 0.15) is 11.5 Å². The lowest BCUT2D eigenvalue weighted by Gasteiger charge is -2.23. The number of allylic oxidation sites excluding steroid dienone is 2. The third-order valence-corrected chi connectivity index (χ3v) is 4.20. The van der Waals surface area contributed by atoms with Crippen molar-refractivity contribution >= 4 is 17.6 Å². The first-order valence-electron chi connectivity index (χ1n) is 8.46. The summed E-state index contributed by atoms with van der Waals surface area (Å²) < 4.78 is 24.6. The van der Waals surface area contributed by atoms with Crippen LogP contribution in [0.4, 0.5) is 10.1 Å². The van der Waals surface area contributed by atoms with Crippen molar-refractivity contribution < 1.29 is 23.5 Å². The summed E-state index contributed by atoms with van der Waals surface area (Å²) in [6.07, 6.45) is 6.05. The van der Waals surface area contributed by atoms with E-state index in [1.807, 2.05) is 30.3 Å². The number of hydrogen-bond acceptors (Lipinski definition) is 5. The third kappa shape index (κ3) is 3.71. The number of esters is 2. The maximum absolute atomic E-state index is 15.0. The third-order valence-electron chi connectivity index (χ3n) is 4.20. The maximum Gasteiger partial charge on any atom is 0.355 e. The molecule has 6 heteroatoms. The molecule has 142 valence electrons. The number of rotatable bonds is 4. The Kier molecular flexibility index (Phi) is 5.69. The topological polar surface area (TPSA) is 55.8 Å². The predicted octanol–water partition coefficient (Wildman–Crippen LogP) is 3.98. The van der Waals surface area contributed by atoms with E-state index in [1.54, 1.807) is 24.3 Å². The van der Waals surface area contributed by atoms with E-state index >= 15 is 4.39 Å². The van der Waals surface area contributed by atoms with Gasteiger partial charge < -0.3 is 14.4 Å². The van der Waals surface area contributed by atoms with E-state index in [2.05, 4.69) is 0 Å². The van der Waals surface area contributed by atoms with Crippen molar-refractivity contribution in [1.29, 1.82) is 0 Å². The fourth-order valence-electron chi connectivity index (χ4n) is 2.86. The molecule has 0 saturated heterocycles. The zero-order valence-corrected chi connectivity index (χ0v) is 15.4. The molecule has 1 heterocycles. The summed E-state index contributed by atoms with van der Waals surface area (Å²) >= 11 is 0. The van der Waals surface area contributed by atoms with Gasteiger partial charge in [0.25, 0.3) is 0 Å². The molecule has 28 heavy (non-hydrogen) atoms. The number of ether oxygens (including phenoxy) is 2. The second kappa shape index (κ2) is 8.35. The number of carbonyl (C=O) groups excluding carboxylic acids is 2. The molecule has 0 N–H and O–H groups in total. The summed E-state index contributed by atoms with van der Waals surface area (Å²) in [4.78, 5) is 25.9. The molecule has 0 aromatic heterocycles. The lowest BCUT2D eigenvalue weighted by Crippen LogP contribution is -2.27. The molecule has 0 amide bonds. The predicted molar refractivity (Wildman–Crippen MR) is 104 cm³/mol. The molecule has 1 aliphatic rings. The molecule has 0 radical (unpaired) electrons. The van der Waals surface area contributed by atoms with Crippen LogP contribution in [0.25, 0.3) is 11.1 Å². The highest BCUT2D eigenvalue weighted by atomic mass is 19.1. The molecule has 5 nitrogen and oxygen atoms in total. The number of nitrogens with zero attached hydrogens (tertiary/aromatic N) is 1. The van der Waals surface area contributed by atoms with Gasteiger partial charge in [0.15, 0.2) is 0 Å². The largest absolute Gasteiger partial charge is 0.465 e. The monoisotopic (exact) mass is 379 g/mol. The molecule has 0 atom stereocenters. The summed E-state index contributed by atoms with van der Waals surface area (Å²) in [7, 11) is 2.39. The van der Waals surface area contributed by atoms with Crippen LogP contribution >= 0.6 is 0 Å². The Morgan fingerprint density at radius 2 is 1.61 bits per heavy atom. The summed E-state index contributed by atoms with van der Waals surface area (Å²) in [5.74, 6) is -2.08. The van der Waals surface area contributed by atoms with Crippen LogP contribution in [-0.4, -0.2) is 26.2 Å². The van der Waals surface area contributed by atoms with Gasteiger partial charge in [-0.2, -0.15) is 0 Å². The van der Waals surface area contributed by atoms with Gasteiger partial charge in [0, 0.05) is 6.20 Å². The van der Waals surface area contributed by atoms with Crippen molar-refractivity contribution in [2.75, 3.05) is 19.1 Å². The number of halogens is 1. The fraction of sp³-hybridized carbons (Fsp3) is 0.0909. The van der Waals surface area contributed by atoms with Crippen molar-refractivity contribution in [3.8, 4) is 11.1 Å². The number of methoxy groups -OCH3 is 2. The number of anilines is 1. The Balaban J connectivity index is 2.12. The van der Waals surface area contributed by atoms with Crippen LogP contribution in [0.2, 0.25) is 0 Å². The number of hydrogen-bond donors (Lipinski definition) is 0. The Hall–Kier alpha value is -3.67. The Bertz CT molecular complexity index is 993. The van der Waals surface area contributed by atoms with Crippen molar-refractivity contribution in [1.82, 2.24) is 0 Å². The summed E-state index contributed by atoms with van der Waals surface area (Å²) in [5.41, 5.74) is 1.48. The molecule has 1 aliphatic heterocycles. The first kappa shape index (κ1) is 19.1. The van der Waals surface area contributed by atoms with Crippen LogP contribution < -0.4 is 4.90 Å². The van der Waals surface area contributed by atoms with Gasteiger partial charge in [-0.15, -0.1) is 0 Å². The standard InChI is InChI=1S/C22H18FNO4/c1-27-21(25)17-10-6-7-13-24(20(17)22(26)28-2)19-12-11-16(14-18(19)23)15-8-4-3-5-9-15/h3-14H,1-2H3. The molecule has 0 saturated carbocycles. The van der Waals surface area contributed by atoms with Crippen LogP contribution in [0.3, 0.4) is 0 Å². The normalized spacial score (nSPS) is 13.3. The van der Waals surface area contributed by atoms with Crippen LogP contribution in [-0.2, 0) is 19.1 Å². The Morgan fingerprint density at radius 1 is 0.893 bits per heavy atom. The molecule has 0 bridgehead atoms. The number of benzene rings is 2. The second-order valence-electron chi connectivity index (χ2n) is 5.85. The second-order valence-corrected chi connectivity index (χ2v) is 5.85. The van der Waals surface area contributed by atoms with Gasteiger partial charge in [0.05, 0.1) is 25.5 Å². The van der Waals surface area contributed by atoms with E-state index in [0.29, 0.717) is 5.56 Å². The van der Waals surface area contributed by atoms with Gasteiger partial charge in [-0.3, -0.25) is 0 Å². The first-order valence-corrected chi connectivity index (χ1v) is 8.46. The van der Waals surface area contributed by atoms with E-state index in [9.17, 15) is 9.59 Å². The minimum Gasteiger partial charge on any atom is -0.465 e. The van der Waals surface area contributed by atoms with E-state index in [0.717, 1.165) is 5.56 Å². The van der Waals surface area contributed by atoms with Gasteiger partial charge in [0.2, 0.25) is 0 Å². The molecule has 0 spiro atoms. The molecule has 0 unspecified atom stereocenters. The Morgan fingerprint density at radius 3 is 2.25 bits per heavy atom. The maximum atomic E-state index is 15.0. The molecule has 3 rings (SSSR count). The summed E-state index contributed by atoms with van der Waals surface area (Å²) in [6.45, 7) is 0. The van der Waals surface area contributed by atoms with Crippen LogP contribution in [0.15, 0.2) is 84.2 Å².